The normalized spacial score (nSPS) is 17.0. The van der Waals surface area contributed by atoms with Crippen LogP contribution in [0.3, 0.4) is 0 Å². The lowest BCUT2D eigenvalue weighted by Crippen LogP contribution is -2.28. The highest BCUT2D eigenvalue weighted by Gasteiger charge is 2.23. The van der Waals surface area contributed by atoms with Crippen molar-refractivity contribution in [3.63, 3.8) is 0 Å². The van der Waals surface area contributed by atoms with E-state index in [1.54, 1.807) is 12.1 Å². The maximum Gasteiger partial charge on any atom is 0.251 e. The third kappa shape index (κ3) is 4.22. The summed E-state index contributed by atoms with van der Waals surface area (Å²) in [6, 6.07) is 5.39. The number of hydrogen-bond donors (Lipinski definition) is 2. The number of rotatable bonds is 6. The Morgan fingerprint density at radius 2 is 2.29 bits per heavy atom. The van der Waals surface area contributed by atoms with Crippen LogP contribution in [0.2, 0.25) is 0 Å². The van der Waals surface area contributed by atoms with Crippen molar-refractivity contribution in [2.24, 2.45) is 0 Å². The standard InChI is InChI=1S/C15H20N2O3S/c1-3-20-8-4-7-16-15(19)11-5-6-13-12(9-11)17-14(18)10(2)21-13/h5-6,9-10H,3-4,7-8H2,1-2H3,(H,16,19)(H,17,18). The lowest BCUT2D eigenvalue weighted by Gasteiger charge is -2.21. The average molecular weight is 308 g/mol. The molecule has 2 N–H and O–H groups in total. The van der Waals surface area contributed by atoms with Gasteiger partial charge < -0.3 is 15.4 Å². The highest BCUT2D eigenvalue weighted by molar-refractivity contribution is 8.00. The molecule has 1 atom stereocenters. The van der Waals surface area contributed by atoms with Crippen LogP contribution in [-0.4, -0.2) is 36.8 Å². The Kier molecular flexibility index (Phi) is 5.64. The Morgan fingerprint density at radius 3 is 3.05 bits per heavy atom. The Labute approximate surface area is 128 Å². The molecule has 0 bridgehead atoms. The number of benzene rings is 1. The molecule has 1 aromatic rings. The van der Waals surface area contributed by atoms with E-state index < -0.39 is 0 Å². The molecular formula is C15H20N2O3S. The summed E-state index contributed by atoms with van der Waals surface area (Å²) in [7, 11) is 0. The maximum absolute atomic E-state index is 12.0. The van der Waals surface area contributed by atoms with Gasteiger partial charge in [-0.15, -0.1) is 11.8 Å². The van der Waals surface area contributed by atoms with Gasteiger partial charge in [-0.1, -0.05) is 0 Å². The molecule has 1 heterocycles. The summed E-state index contributed by atoms with van der Waals surface area (Å²) >= 11 is 1.51. The number of nitrogens with one attached hydrogen (secondary N) is 2. The summed E-state index contributed by atoms with van der Waals surface area (Å²) in [6.45, 7) is 5.72. The van der Waals surface area contributed by atoms with Gasteiger partial charge in [0.05, 0.1) is 10.9 Å². The monoisotopic (exact) mass is 308 g/mol. The molecule has 0 saturated heterocycles. The van der Waals surface area contributed by atoms with Crippen LogP contribution in [0.4, 0.5) is 5.69 Å². The smallest absolute Gasteiger partial charge is 0.251 e. The first-order chi connectivity index (χ1) is 10.1. The molecular weight excluding hydrogens is 288 g/mol. The van der Waals surface area contributed by atoms with Crippen LogP contribution < -0.4 is 10.6 Å². The van der Waals surface area contributed by atoms with Crippen molar-refractivity contribution in [1.29, 1.82) is 0 Å². The van der Waals surface area contributed by atoms with E-state index in [1.165, 1.54) is 11.8 Å². The van der Waals surface area contributed by atoms with E-state index in [4.69, 9.17) is 4.74 Å². The van der Waals surface area contributed by atoms with E-state index in [2.05, 4.69) is 10.6 Å². The topological polar surface area (TPSA) is 67.4 Å². The van der Waals surface area contributed by atoms with Crippen molar-refractivity contribution in [2.45, 2.75) is 30.4 Å². The first kappa shape index (κ1) is 15.9. The lowest BCUT2D eigenvalue weighted by molar-refractivity contribution is -0.115. The SMILES string of the molecule is CCOCCCNC(=O)c1ccc2c(c1)NC(=O)C(C)S2. The minimum absolute atomic E-state index is 0.0261. The predicted molar refractivity (Wildman–Crippen MR) is 83.8 cm³/mol. The Hall–Kier alpha value is -1.53. The first-order valence-electron chi connectivity index (χ1n) is 7.09. The van der Waals surface area contributed by atoms with E-state index in [9.17, 15) is 9.59 Å². The second-order valence-electron chi connectivity index (χ2n) is 4.77. The van der Waals surface area contributed by atoms with Crippen LogP contribution in [0.25, 0.3) is 0 Å². The molecule has 0 aliphatic carbocycles. The Morgan fingerprint density at radius 1 is 1.48 bits per heavy atom. The number of fused-ring (bicyclic) bond motifs is 1. The van der Waals surface area contributed by atoms with Gasteiger partial charge in [-0.2, -0.15) is 0 Å². The molecule has 114 valence electrons. The molecule has 1 unspecified atom stereocenters. The van der Waals surface area contributed by atoms with Gasteiger partial charge in [0.2, 0.25) is 5.91 Å². The molecule has 1 aliphatic rings. The number of carbonyl (C=O) groups excluding carboxylic acids is 2. The van der Waals surface area contributed by atoms with Crippen LogP contribution in [0.15, 0.2) is 23.1 Å². The molecule has 5 nitrogen and oxygen atoms in total. The van der Waals surface area contributed by atoms with Gasteiger partial charge in [0.15, 0.2) is 0 Å². The lowest BCUT2D eigenvalue weighted by atomic mass is 10.1. The van der Waals surface area contributed by atoms with Gasteiger partial charge in [-0.05, 0) is 38.5 Å². The number of anilines is 1. The highest BCUT2D eigenvalue weighted by Crippen LogP contribution is 2.35. The largest absolute Gasteiger partial charge is 0.382 e. The van der Waals surface area contributed by atoms with Crippen molar-refractivity contribution in [3.05, 3.63) is 23.8 Å². The number of carbonyl (C=O) groups is 2. The Balaban J connectivity index is 1.93. The molecule has 0 spiro atoms. The fourth-order valence-electron chi connectivity index (χ4n) is 1.97. The van der Waals surface area contributed by atoms with Gasteiger partial charge >= 0.3 is 0 Å². The van der Waals surface area contributed by atoms with Crippen molar-refractivity contribution in [1.82, 2.24) is 5.32 Å². The van der Waals surface area contributed by atoms with E-state index >= 15 is 0 Å². The van der Waals surface area contributed by atoms with Crippen LogP contribution >= 0.6 is 11.8 Å². The van der Waals surface area contributed by atoms with Gasteiger partial charge in [-0.25, -0.2) is 0 Å². The molecule has 6 heteroatoms. The van der Waals surface area contributed by atoms with Crippen molar-refractivity contribution in [3.8, 4) is 0 Å². The summed E-state index contributed by atoms with van der Waals surface area (Å²) in [4.78, 5) is 24.7. The van der Waals surface area contributed by atoms with Gasteiger partial charge in [-0.3, -0.25) is 9.59 Å². The number of thioether (sulfide) groups is 1. The summed E-state index contributed by atoms with van der Waals surface area (Å²) in [6.07, 6.45) is 0.786. The second kappa shape index (κ2) is 7.47. The minimum atomic E-state index is -0.132. The van der Waals surface area contributed by atoms with Crippen LogP contribution in [0.5, 0.6) is 0 Å². The van der Waals surface area contributed by atoms with Crippen molar-refractivity contribution >= 4 is 29.3 Å². The second-order valence-corrected chi connectivity index (χ2v) is 6.15. The van der Waals surface area contributed by atoms with E-state index in [-0.39, 0.29) is 17.1 Å². The molecule has 1 aromatic carbocycles. The van der Waals surface area contributed by atoms with Crippen LogP contribution in [0.1, 0.15) is 30.6 Å². The zero-order valence-corrected chi connectivity index (χ0v) is 13.1. The van der Waals surface area contributed by atoms with Crippen LogP contribution in [-0.2, 0) is 9.53 Å². The molecule has 2 rings (SSSR count). The molecule has 1 aliphatic heterocycles. The van der Waals surface area contributed by atoms with Gasteiger partial charge in [0, 0.05) is 30.2 Å². The van der Waals surface area contributed by atoms with Gasteiger partial charge in [0.1, 0.15) is 0 Å². The predicted octanol–water partition coefficient (Wildman–Crippen LogP) is 2.28. The zero-order valence-electron chi connectivity index (χ0n) is 12.3. The first-order valence-corrected chi connectivity index (χ1v) is 7.97. The number of amides is 2. The Bertz CT molecular complexity index is 534. The number of hydrogen-bond acceptors (Lipinski definition) is 4. The van der Waals surface area contributed by atoms with E-state index in [0.29, 0.717) is 31.0 Å². The molecule has 0 radical (unpaired) electrons. The van der Waals surface area contributed by atoms with E-state index in [1.807, 2.05) is 19.9 Å². The summed E-state index contributed by atoms with van der Waals surface area (Å²) in [5, 5.41) is 5.57. The van der Waals surface area contributed by atoms with Crippen molar-refractivity contribution in [2.75, 3.05) is 25.1 Å². The molecule has 2 amide bonds. The molecule has 0 saturated carbocycles. The molecule has 21 heavy (non-hydrogen) atoms. The van der Waals surface area contributed by atoms with Crippen LogP contribution in [0, 0.1) is 0 Å². The third-order valence-electron chi connectivity index (χ3n) is 3.13. The maximum atomic E-state index is 12.0. The molecule has 0 aromatic heterocycles. The highest BCUT2D eigenvalue weighted by atomic mass is 32.2. The number of ether oxygens (including phenoxy) is 1. The zero-order chi connectivity index (χ0) is 15.2. The fourth-order valence-corrected chi connectivity index (χ4v) is 2.90. The third-order valence-corrected chi connectivity index (χ3v) is 4.31. The van der Waals surface area contributed by atoms with E-state index in [0.717, 1.165) is 11.3 Å². The average Bonchev–Trinajstić information content (AvgIpc) is 2.47. The molecule has 0 fully saturated rings. The van der Waals surface area contributed by atoms with Crippen molar-refractivity contribution < 1.29 is 14.3 Å². The summed E-state index contributed by atoms with van der Waals surface area (Å²) in [5.41, 5.74) is 1.27. The fraction of sp³-hybridized carbons (Fsp3) is 0.467. The summed E-state index contributed by atoms with van der Waals surface area (Å²) < 4.78 is 5.22. The quantitative estimate of drug-likeness (QED) is 0.791. The minimum Gasteiger partial charge on any atom is -0.382 e. The summed E-state index contributed by atoms with van der Waals surface area (Å²) in [5.74, 6) is -0.158. The van der Waals surface area contributed by atoms with Gasteiger partial charge in [0.25, 0.3) is 5.91 Å².